The summed E-state index contributed by atoms with van der Waals surface area (Å²) in [4.78, 5) is 33.9. The largest absolute Gasteiger partial charge is 0.378 e. The summed E-state index contributed by atoms with van der Waals surface area (Å²) in [6, 6.07) is 17.3. The smallest absolute Gasteiger partial charge is 0.317 e. The molecule has 1 atom stereocenters. The summed E-state index contributed by atoms with van der Waals surface area (Å²) in [5.74, 6) is -0.414. The predicted molar refractivity (Wildman–Crippen MR) is 121 cm³/mol. The zero-order valence-electron chi connectivity index (χ0n) is 17.5. The Morgan fingerprint density at radius 2 is 1.84 bits per heavy atom. The SMILES string of the molecule is CN(Cc1nc2ccccc2s1)C(=O)NCC(C(=O)N1CCOCC1)c1ccccc1. The first-order valence-electron chi connectivity index (χ1n) is 10.4. The summed E-state index contributed by atoms with van der Waals surface area (Å²) in [5.41, 5.74) is 1.84. The van der Waals surface area contributed by atoms with Crippen LogP contribution < -0.4 is 5.32 Å². The normalized spacial score (nSPS) is 14.9. The van der Waals surface area contributed by atoms with Gasteiger partial charge in [0.2, 0.25) is 5.91 Å². The minimum atomic E-state index is -0.431. The highest BCUT2D eigenvalue weighted by Gasteiger charge is 2.28. The van der Waals surface area contributed by atoms with Crippen molar-refractivity contribution in [1.29, 1.82) is 0 Å². The number of aromatic nitrogens is 1. The third-order valence-corrected chi connectivity index (χ3v) is 6.36. The number of fused-ring (bicyclic) bond motifs is 1. The van der Waals surface area contributed by atoms with Gasteiger partial charge in [-0.25, -0.2) is 9.78 Å². The Hall–Kier alpha value is -2.97. The third kappa shape index (κ3) is 5.21. The number of nitrogens with zero attached hydrogens (tertiary/aromatic N) is 3. The lowest BCUT2D eigenvalue weighted by atomic mass is 9.97. The Kier molecular flexibility index (Phi) is 6.79. The maximum Gasteiger partial charge on any atom is 0.317 e. The number of rotatable bonds is 6. The zero-order valence-corrected chi connectivity index (χ0v) is 18.3. The number of ether oxygens (including phenoxy) is 1. The number of thiazole rings is 1. The van der Waals surface area contributed by atoms with Crippen LogP contribution >= 0.6 is 11.3 Å². The van der Waals surface area contributed by atoms with Crippen molar-refractivity contribution in [2.24, 2.45) is 0 Å². The fourth-order valence-electron chi connectivity index (χ4n) is 3.62. The van der Waals surface area contributed by atoms with E-state index in [1.165, 1.54) is 0 Å². The van der Waals surface area contributed by atoms with Gasteiger partial charge in [-0.2, -0.15) is 0 Å². The van der Waals surface area contributed by atoms with Gasteiger partial charge in [0.15, 0.2) is 0 Å². The standard InChI is InChI=1S/C23H26N4O3S/c1-26(16-21-25-19-9-5-6-10-20(19)31-21)23(29)24-15-18(17-7-3-2-4-8-17)22(28)27-11-13-30-14-12-27/h2-10,18H,11-16H2,1H3,(H,24,29). The van der Waals surface area contributed by atoms with E-state index < -0.39 is 5.92 Å². The first kappa shape index (κ1) is 21.3. The van der Waals surface area contributed by atoms with E-state index in [0.29, 0.717) is 32.8 Å². The Bertz CT molecular complexity index is 1000. The van der Waals surface area contributed by atoms with E-state index >= 15 is 0 Å². The molecule has 3 amide bonds. The average Bonchev–Trinajstić information content (AvgIpc) is 3.22. The Labute approximate surface area is 185 Å². The van der Waals surface area contributed by atoms with E-state index in [1.807, 2.05) is 59.5 Å². The summed E-state index contributed by atoms with van der Waals surface area (Å²) in [6.45, 7) is 2.90. The predicted octanol–water partition coefficient (Wildman–Crippen LogP) is 3.08. The van der Waals surface area contributed by atoms with Crippen molar-refractivity contribution in [1.82, 2.24) is 20.1 Å². The van der Waals surface area contributed by atoms with E-state index in [-0.39, 0.29) is 18.5 Å². The third-order valence-electron chi connectivity index (χ3n) is 5.34. The monoisotopic (exact) mass is 438 g/mol. The summed E-state index contributed by atoms with van der Waals surface area (Å²) in [5, 5.41) is 3.82. The number of carbonyl (C=O) groups is 2. The van der Waals surface area contributed by atoms with Crippen LogP contribution in [0.2, 0.25) is 0 Å². The van der Waals surface area contributed by atoms with Gasteiger partial charge in [-0.15, -0.1) is 11.3 Å². The highest BCUT2D eigenvalue weighted by atomic mass is 32.1. The minimum absolute atomic E-state index is 0.0172. The van der Waals surface area contributed by atoms with Crippen molar-refractivity contribution in [2.45, 2.75) is 12.5 Å². The minimum Gasteiger partial charge on any atom is -0.378 e. The maximum atomic E-state index is 13.2. The number of hydrogen-bond donors (Lipinski definition) is 1. The number of benzene rings is 2. The molecular formula is C23H26N4O3S. The molecule has 1 aromatic heterocycles. The molecule has 0 radical (unpaired) electrons. The number of para-hydroxylation sites is 1. The molecule has 0 saturated carbocycles. The molecule has 0 aliphatic carbocycles. The van der Waals surface area contributed by atoms with Gasteiger partial charge < -0.3 is 19.9 Å². The van der Waals surface area contributed by atoms with Gasteiger partial charge in [-0.3, -0.25) is 4.79 Å². The molecule has 2 aromatic carbocycles. The molecule has 162 valence electrons. The highest BCUT2D eigenvalue weighted by molar-refractivity contribution is 7.18. The number of hydrogen-bond acceptors (Lipinski definition) is 5. The molecule has 1 aliphatic heterocycles. The van der Waals surface area contributed by atoms with Crippen LogP contribution in [0, 0.1) is 0 Å². The van der Waals surface area contributed by atoms with Crippen LogP contribution in [0.25, 0.3) is 10.2 Å². The van der Waals surface area contributed by atoms with Gasteiger partial charge in [0.05, 0.1) is 35.9 Å². The number of morpholine rings is 1. The summed E-state index contributed by atoms with van der Waals surface area (Å²) in [7, 11) is 1.74. The summed E-state index contributed by atoms with van der Waals surface area (Å²) < 4.78 is 6.47. The van der Waals surface area contributed by atoms with Crippen molar-refractivity contribution in [3.63, 3.8) is 0 Å². The quantitative estimate of drug-likeness (QED) is 0.642. The van der Waals surface area contributed by atoms with Crippen molar-refractivity contribution in [2.75, 3.05) is 39.9 Å². The Morgan fingerprint density at radius 3 is 2.58 bits per heavy atom. The van der Waals surface area contributed by atoms with Crippen LogP contribution in [0.15, 0.2) is 54.6 Å². The molecule has 2 heterocycles. The van der Waals surface area contributed by atoms with Crippen LogP contribution in [-0.2, 0) is 16.1 Å². The second-order valence-electron chi connectivity index (χ2n) is 7.52. The number of nitrogens with one attached hydrogen (secondary N) is 1. The van der Waals surface area contributed by atoms with Crippen molar-refractivity contribution >= 4 is 33.5 Å². The highest BCUT2D eigenvalue weighted by Crippen LogP contribution is 2.23. The first-order valence-corrected chi connectivity index (χ1v) is 11.2. The van der Waals surface area contributed by atoms with E-state index in [1.54, 1.807) is 23.3 Å². The molecule has 1 aliphatic rings. The van der Waals surface area contributed by atoms with Gasteiger partial charge in [0.25, 0.3) is 0 Å². The second-order valence-corrected chi connectivity index (χ2v) is 8.63. The molecule has 1 unspecified atom stereocenters. The topological polar surface area (TPSA) is 74.8 Å². The summed E-state index contributed by atoms with van der Waals surface area (Å²) in [6.07, 6.45) is 0. The number of urea groups is 1. The zero-order chi connectivity index (χ0) is 21.6. The molecule has 8 heteroatoms. The maximum absolute atomic E-state index is 13.2. The van der Waals surface area contributed by atoms with Crippen LogP contribution in [0.3, 0.4) is 0 Å². The van der Waals surface area contributed by atoms with Crippen LogP contribution in [0.5, 0.6) is 0 Å². The molecule has 1 saturated heterocycles. The second kappa shape index (κ2) is 9.89. The molecule has 3 aromatic rings. The van der Waals surface area contributed by atoms with E-state index in [9.17, 15) is 9.59 Å². The average molecular weight is 439 g/mol. The van der Waals surface area contributed by atoms with Gasteiger partial charge >= 0.3 is 6.03 Å². The van der Waals surface area contributed by atoms with E-state index in [2.05, 4.69) is 10.3 Å². The molecule has 1 N–H and O–H groups in total. The van der Waals surface area contributed by atoms with E-state index in [4.69, 9.17) is 4.74 Å². The first-order chi connectivity index (χ1) is 15.1. The van der Waals surface area contributed by atoms with Crippen molar-refractivity contribution in [3.8, 4) is 0 Å². The molecule has 4 rings (SSSR count). The van der Waals surface area contributed by atoms with E-state index in [0.717, 1.165) is 20.8 Å². The van der Waals surface area contributed by atoms with Gasteiger partial charge in [0, 0.05) is 26.7 Å². The van der Waals surface area contributed by atoms with Crippen molar-refractivity contribution in [3.05, 3.63) is 65.2 Å². The molecule has 0 bridgehead atoms. The van der Waals surface area contributed by atoms with Gasteiger partial charge in [-0.1, -0.05) is 42.5 Å². The lowest BCUT2D eigenvalue weighted by Gasteiger charge is -2.31. The molecule has 0 spiro atoms. The molecule has 31 heavy (non-hydrogen) atoms. The van der Waals surface area contributed by atoms with Crippen LogP contribution in [0.4, 0.5) is 4.79 Å². The number of carbonyl (C=O) groups excluding carboxylic acids is 2. The molecule has 7 nitrogen and oxygen atoms in total. The van der Waals surface area contributed by atoms with Crippen LogP contribution in [0.1, 0.15) is 16.5 Å². The van der Waals surface area contributed by atoms with Gasteiger partial charge in [0.1, 0.15) is 5.01 Å². The number of amides is 3. The van der Waals surface area contributed by atoms with Crippen LogP contribution in [-0.4, -0.2) is 66.6 Å². The molecular weight excluding hydrogens is 412 g/mol. The fraction of sp³-hybridized carbons (Fsp3) is 0.348. The van der Waals surface area contributed by atoms with Gasteiger partial charge in [-0.05, 0) is 17.7 Å². The lowest BCUT2D eigenvalue weighted by molar-refractivity contribution is -0.136. The lowest BCUT2D eigenvalue weighted by Crippen LogP contribution is -2.46. The molecule has 1 fully saturated rings. The Balaban J connectivity index is 1.40. The summed E-state index contributed by atoms with van der Waals surface area (Å²) >= 11 is 1.58. The Morgan fingerprint density at radius 1 is 1.13 bits per heavy atom. The van der Waals surface area contributed by atoms with Crippen molar-refractivity contribution < 1.29 is 14.3 Å². The fourth-order valence-corrected chi connectivity index (χ4v) is 4.64.